The van der Waals surface area contributed by atoms with Crippen LogP contribution in [0.4, 0.5) is 8.78 Å². The fourth-order valence-electron chi connectivity index (χ4n) is 7.66. The number of benzene rings is 2. The fraction of sp³-hybridized carbons (Fsp3) is 0.432. The molecule has 3 saturated carbocycles. The Morgan fingerprint density at radius 1 is 0.617 bits per heavy atom. The number of carbonyl (C=O) groups is 3. The second-order valence-corrected chi connectivity index (χ2v) is 17.2. The Morgan fingerprint density at radius 2 is 1.03 bits per heavy atom. The first-order valence-corrected chi connectivity index (χ1v) is 23.2. The summed E-state index contributed by atoms with van der Waals surface area (Å²) in [6.45, 7) is 0. The van der Waals surface area contributed by atoms with Gasteiger partial charge in [-0.05, 0) is 137 Å². The Morgan fingerprint density at radius 3 is 1.45 bits per heavy atom. The van der Waals surface area contributed by atoms with Crippen LogP contribution in [0.2, 0.25) is 0 Å². The van der Waals surface area contributed by atoms with E-state index in [1.807, 2.05) is 48.9 Å². The second kappa shape index (κ2) is 22.4. The third kappa shape index (κ3) is 13.0. The number of hydrogen-bond donors (Lipinski definition) is 4. The standard InChI is InChI=1S/C25H30FN3O3S.C19H21ClFN3O2S/c1-33-21-8-4-7-20(14-21)32-25-22(13-17(26)15-27-25)24(31)29-19-11-9-18(10-12-19)28-23(30)16-5-2-3-6-16;1-27-16-4-2-3-15(10-16)26-19-17(9-12(21)11-22-19)18(25)23-13-5-7-14(24-20)8-6-13/h4,7-8,13-16,18-19H,2-3,5-6,9-12H2,1H3,(H,28,30)(H,29,31);2-4,9-11,13-14,24H,5-8H2,1H3,(H,23,25). The Bertz CT molecular complexity index is 2080. The van der Waals surface area contributed by atoms with Gasteiger partial charge in [-0.15, -0.1) is 23.5 Å². The first-order valence-electron chi connectivity index (χ1n) is 20.3. The van der Waals surface area contributed by atoms with Gasteiger partial charge < -0.3 is 25.4 Å². The molecule has 3 aliphatic rings. The summed E-state index contributed by atoms with van der Waals surface area (Å²) in [6, 6.07) is 17.6. The minimum Gasteiger partial charge on any atom is -0.438 e. The molecule has 2 aromatic carbocycles. The van der Waals surface area contributed by atoms with E-state index in [4.69, 9.17) is 21.3 Å². The molecule has 0 aliphatic heterocycles. The highest BCUT2D eigenvalue weighted by Crippen LogP contribution is 2.30. The molecular weight excluding hydrogens is 830 g/mol. The predicted molar refractivity (Wildman–Crippen MR) is 231 cm³/mol. The van der Waals surface area contributed by atoms with Crippen molar-refractivity contribution in [1.29, 1.82) is 0 Å². The van der Waals surface area contributed by atoms with E-state index in [9.17, 15) is 23.2 Å². The van der Waals surface area contributed by atoms with E-state index in [-0.39, 0.29) is 64.8 Å². The van der Waals surface area contributed by atoms with Crippen molar-refractivity contribution in [3.8, 4) is 23.3 Å². The molecule has 11 nitrogen and oxygen atoms in total. The predicted octanol–water partition coefficient (Wildman–Crippen LogP) is 9.60. The molecule has 4 aromatic rings. The van der Waals surface area contributed by atoms with Gasteiger partial charge in [0, 0.05) is 39.9 Å². The molecule has 0 unspecified atom stereocenters. The van der Waals surface area contributed by atoms with Crippen LogP contribution in [0.1, 0.15) is 97.8 Å². The third-order valence-corrected chi connectivity index (χ3v) is 12.7. The van der Waals surface area contributed by atoms with Gasteiger partial charge in [0.2, 0.25) is 17.7 Å². The van der Waals surface area contributed by atoms with Crippen molar-refractivity contribution in [3.05, 3.63) is 95.8 Å². The molecule has 0 radical (unpaired) electrons. The Hall–Kier alpha value is -4.44. The summed E-state index contributed by atoms with van der Waals surface area (Å²) in [4.78, 5) is 50.8. The van der Waals surface area contributed by atoms with E-state index in [1.54, 1.807) is 35.7 Å². The van der Waals surface area contributed by atoms with Crippen LogP contribution >= 0.6 is 35.3 Å². The van der Waals surface area contributed by atoms with Crippen LogP contribution in [0.15, 0.2) is 82.8 Å². The zero-order valence-electron chi connectivity index (χ0n) is 33.7. The van der Waals surface area contributed by atoms with Crippen LogP contribution in [0.25, 0.3) is 0 Å². The van der Waals surface area contributed by atoms with Gasteiger partial charge in [0.25, 0.3) is 11.8 Å². The molecule has 3 aliphatic carbocycles. The summed E-state index contributed by atoms with van der Waals surface area (Å²) >= 11 is 8.81. The van der Waals surface area contributed by atoms with Crippen molar-refractivity contribution in [2.75, 3.05) is 12.5 Å². The van der Waals surface area contributed by atoms with E-state index in [0.29, 0.717) is 11.5 Å². The molecule has 16 heteroatoms. The molecule has 0 bridgehead atoms. The van der Waals surface area contributed by atoms with Crippen molar-refractivity contribution >= 4 is 53.0 Å². The topological polar surface area (TPSA) is 144 Å². The molecular formula is C44H51ClF2N6O5S2. The molecule has 3 amide bonds. The van der Waals surface area contributed by atoms with Crippen molar-refractivity contribution in [2.45, 2.75) is 111 Å². The largest absolute Gasteiger partial charge is 0.438 e. The molecule has 2 aromatic heterocycles. The lowest BCUT2D eigenvalue weighted by molar-refractivity contribution is -0.125. The fourth-order valence-corrected chi connectivity index (χ4v) is 8.77. The first-order chi connectivity index (χ1) is 29.1. The Kier molecular flexibility index (Phi) is 16.8. The lowest BCUT2D eigenvalue weighted by Gasteiger charge is -2.30. The molecule has 320 valence electrons. The molecule has 60 heavy (non-hydrogen) atoms. The Labute approximate surface area is 363 Å². The number of aromatic nitrogens is 2. The molecule has 0 spiro atoms. The number of rotatable bonds is 13. The molecule has 0 saturated heterocycles. The highest BCUT2D eigenvalue weighted by molar-refractivity contribution is 7.98. The van der Waals surface area contributed by atoms with Crippen LogP contribution in [0, 0.1) is 17.6 Å². The highest BCUT2D eigenvalue weighted by atomic mass is 35.5. The summed E-state index contributed by atoms with van der Waals surface area (Å²) in [5.41, 5.74) is 0.156. The minimum absolute atomic E-state index is 0.0229. The first kappa shape index (κ1) is 45.1. The molecule has 4 N–H and O–H groups in total. The SMILES string of the molecule is CSc1cccc(Oc2ncc(F)cc2C(=O)NC2CCC(NC(=O)C3CCCC3)CC2)c1.CSc1cccc(Oc2ncc(F)cc2C(=O)NC2CCC(NCl)CC2)c1. The number of pyridine rings is 2. The van der Waals surface area contributed by atoms with Crippen LogP contribution in [0.3, 0.4) is 0 Å². The van der Waals surface area contributed by atoms with E-state index in [1.165, 1.54) is 0 Å². The van der Waals surface area contributed by atoms with Crippen molar-refractivity contribution in [2.24, 2.45) is 5.92 Å². The summed E-state index contributed by atoms with van der Waals surface area (Å²) in [6.07, 6.45) is 16.8. The summed E-state index contributed by atoms with van der Waals surface area (Å²) < 4.78 is 39.2. The molecule has 3 fully saturated rings. The van der Waals surface area contributed by atoms with E-state index >= 15 is 0 Å². The minimum atomic E-state index is -0.594. The number of halogens is 3. The van der Waals surface area contributed by atoms with E-state index in [2.05, 4.69) is 30.8 Å². The van der Waals surface area contributed by atoms with Gasteiger partial charge in [-0.2, -0.15) is 0 Å². The average Bonchev–Trinajstić information content (AvgIpc) is 3.82. The van der Waals surface area contributed by atoms with E-state index < -0.39 is 17.5 Å². The monoisotopic (exact) mass is 880 g/mol. The number of nitrogens with one attached hydrogen (secondary N) is 4. The zero-order valence-corrected chi connectivity index (χ0v) is 36.1. The van der Waals surface area contributed by atoms with E-state index in [0.717, 1.165) is 111 Å². The quantitative estimate of drug-likeness (QED) is 0.0758. The maximum atomic E-state index is 13.9. The summed E-state index contributed by atoms with van der Waals surface area (Å²) in [7, 11) is 0. The maximum absolute atomic E-state index is 13.9. The van der Waals surface area contributed by atoms with Crippen LogP contribution in [-0.2, 0) is 4.79 Å². The smallest absolute Gasteiger partial charge is 0.257 e. The van der Waals surface area contributed by atoms with Crippen LogP contribution < -0.4 is 30.3 Å². The van der Waals surface area contributed by atoms with Gasteiger partial charge in [0.15, 0.2) is 0 Å². The zero-order chi connectivity index (χ0) is 42.4. The van der Waals surface area contributed by atoms with Gasteiger partial charge in [-0.3, -0.25) is 14.4 Å². The summed E-state index contributed by atoms with van der Waals surface area (Å²) in [5.74, 6) is -0.387. The Balaban J connectivity index is 0.000000205. The maximum Gasteiger partial charge on any atom is 0.257 e. The van der Waals surface area contributed by atoms with Gasteiger partial charge in [0.1, 0.15) is 34.3 Å². The number of thioether (sulfide) groups is 2. The average molecular weight is 882 g/mol. The number of nitrogens with zero attached hydrogens (tertiary/aromatic N) is 2. The summed E-state index contributed by atoms with van der Waals surface area (Å²) in [5, 5.41) is 9.14. The molecule has 0 atom stereocenters. The number of ether oxygens (including phenoxy) is 2. The highest BCUT2D eigenvalue weighted by Gasteiger charge is 2.29. The second-order valence-electron chi connectivity index (χ2n) is 15.2. The molecule has 7 rings (SSSR count). The van der Waals surface area contributed by atoms with Gasteiger partial charge in [-0.25, -0.2) is 23.6 Å². The van der Waals surface area contributed by atoms with Crippen LogP contribution in [-0.4, -0.2) is 64.4 Å². The lowest BCUT2D eigenvalue weighted by Crippen LogP contribution is -2.45. The number of carbonyl (C=O) groups excluding carboxylic acids is 3. The van der Waals surface area contributed by atoms with Gasteiger partial charge in [-0.1, -0.05) is 25.0 Å². The van der Waals surface area contributed by atoms with Gasteiger partial charge >= 0.3 is 0 Å². The lowest BCUT2D eigenvalue weighted by atomic mass is 9.90. The number of amides is 3. The number of hydrogen-bond acceptors (Lipinski definition) is 10. The van der Waals surface area contributed by atoms with Crippen molar-refractivity contribution in [1.82, 2.24) is 30.8 Å². The van der Waals surface area contributed by atoms with Gasteiger partial charge in [0.05, 0.1) is 12.4 Å². The van der Waals surface area contributed by atoms with Crippen molar-refractivity contribution < 1.29 is 32.6 Å². The normalized spacial score (nSPS) is 20.3. The third-order valence-electron chi connectivity index (χ3n) is 11.0. The molecule has 2 heterocycles. The van der Waals surface area contributed by atoms with Crippen LogP contribution in [0.5, 0.6) is 23.3 Å². The van der Waals surface area contributed by atoms with Crippen molar-refractivity contribution in [3.63, 3.8) is 0 Å².